The summed E-state index contributed by atoms with van der Waals surface area (Å²) in [6.45, 7) is 4.26. The molecule has 138 valence electrons. The summed E-state index contributed by atoms with van der Waals surface area (Å²) in [5.41, 5.74) is 1.15. The van der Waals surface area contributed by atoms with Crippen LogP contribution in [0.15, 0.2) is 42.9 Å². The van der Waals surface area contributed by atoms with Crippen molar-refractivity contribution in [3.8, 4) is 11.6 Å². The number of methoxy groups -OCH3 is 1. The van der Waals surface area contributed by atoms with Crippen molar-refractivity contribution in [2.45, 2.75) is 25.5 Å². The molecule has 0 saturated carbocycles. The summed E-state index contributed by atoms with van der Waals surface area (Å²) in [5.74, 6) is 1.52. The van der Waals surface area contributed by atoms with Gasteiger partial charge in [-0.05, 0) is 31.0 Å². The van der Waals surface area contributed by atoms with Crippen LogP contribution in [-0.4, -0.2) is 54.4 Å². The van der Waals surface area contributed by atoms with Crippen molar-refractivity contribution >= 4 is 0 Å². The minimum absolute atomic E-state index is 0.0313. The molecule has 0 unspecified atom stereocenters. The lowest BCUT2D eigenvalue weighted by molar-refractivity contribution is -0.0415. The number of nitrogens with zero attached hydrogens (tertiary/aromatic N) is 3. The van der Waals surface area contributed by atoms with E-state index < -0.39 is 0 Å². The summed E-state index contributed by atoms with van der Waals surface area (Å²) in [5, 5.41) is 0. The van der Waals surface area contributed by atoms with Crippen LogP contribution in [0.2, 0.25) is 0 Å². The van der Waals surface area contributed by atoms with Gasteiger partial charge in [0.1, 0.15) is 5.75 Å². The van der Waals surface area contributed by atoms with Crippen LogP contribution < -0.4 is 9.47 Å². The molecule has 0 radical (unpaired) electrons. The Labute approximate surface area is 154 Å². The van der Waals surface area contributed by atoms with E-state index in [2.05, 4.69) is 20.9 Å². The number of aromatic nitrogens is 2. The fourth-order valence-corrected chi connectivity index (χ4v) is 4.11. The van der Waals surface area contributed by atoms with Gasteiger partial charge < -0.3 is 14.2 Å². The predicted molar refractivity (Wildman–Crippen MR) is 97.2 cm³/mol. The van der Waals surface area contributed by atoms with E-state index in [1.54, 1.807) is 25.7 Å². The van der Waals surface area contributed by atoms with Gasteiger partial charge in [-0.2, -0.15) is 0 Å². The number of piperidine rings is 1. The van der Waals surface area contributed by atoms with E-state index in [1.807, 2.05) is 18.2 Å². The molecule has 0 N–H and O–H groups in total. The second kappa shape index (κ2) is 7.60. The van der Waals surface area contributed by atoms with Gasteiger partial charge in [0.25, 0.3) is 0 Å². The molecule has 0 aromatic carbocycles. The molecule has 26 heavy (non-hydrogen) atoms. The summed E-state index contributed by atoms with van der Waals surface area (Å²) in [4.78, 5) is 10.9. The Morgan fingerprint density at radius 1 is 1.31 bits per heavy atom. The van der Waals surface area contributed by atoms with Crippen LogP contribution in [0.25, 0.3) is 0 Å². The largest absolute Gasteiger partial charge is 0.491 e. The topological polar surface area (TPSA) is 56.7 Å². The van der Waals surface area contributed by atoms with Gasteiger partial charge in [0, 0.05) is 49.6 Å². The van der Waals surface area contributed by atoms with Crippen LogP contribution >= 0.6 is 0 Å². The molecule has 2 aliphatic heterocycles. The summed E-state index contributed by atoms with van der Waals surface area (Å²) < 4.78 is 17.5. The van der Waals surface area contributed by atoms with Crippen molar-refractivity contribution in [1.82, 2.24) is 14.9 Å². The first-order chi connectivity index (χ1) is 12.8. The average Bonchev–Trinajstić information content (AvgIpc) is 3.11. The molecule has 2 atom stereocenters. The summed E-state index contributed by atoms with van der Waals surface area (Å²) in [7, 11) is 1.67. The van der Waals surface area contributed by atoms with Gasteiger partial charge >= 0.3 is 0 Å². The van der Waals surface area contributed by atoms with E-state index in [-0.39, 0.29) is 11.5 Å². The Hall–Kier alpha value is -2.18. The van der Waals surface area contributed by atoms with Gasteiger partial charge in [-0.25, -0.2) is 4.98 Å². The van der Waals surface area contributed by atoms with E-state index >= 15 is 0 Å². The normalized spacial score (nSPS) is 25.7. The third kappa shape index (κ3) is 3.52. The third-order valence-electron chi connectivity index (χ3n) is 5.45. The van der Waals surface area contributed by atoms with Gasteiger partial charge in [-0.15, -0.1) is 0 Å². The van der Waals surface area contributed by atoms with Gasteiger partial charge in [0.2, 0.25) is 5.88 Å². The van der Waals surface area contributed by atoms with Crippen molar-refractivity contribution in [3.63, 3.8) is 0 Å². The van der Waals surface area contributed by atoms with Crippen LogP contribution in [0.1, 0.15) is 18.4 Å². The number of fused-ring (bicyclic) bond motifs is 1. The second-order valence-electron chi connectivity index (χ2n) is 7.12. The van der Waals surface area contributed by atoms with Crippen LogP contribution in [-0.2, 0) is 11.3 Å². The molecule has 6 nitrogen and oxygen atoms in total. The highest BCUT2D eigenvalue weighted by molar-refractivity contribution is 5.25. The van der Waals surface area contributed by atoms with Gasteiger partial charge in [-0.1, -0.05) is 6.07 Å². The van der Waals surface area contributed by atoms with E-state index in [9.17, 15) is 0 Å². The zero-order chi connectivity index (χ0) is 17.8. The maximum absolute atomic E-state index is 6.09. The number of ether oxygens (including phenoxy) is 3. The Bertz CT molecular complexity index is 727. The number of pyridine rings is 2. The van der Waals surface area contributed by atoms with Gasteiger partial charge in [0.15, 0.2) is 0 Å². The van der Waals surface area contributed by atoms with Crippen molar-refractivity contribution in [1.29, 1.82) is 0 Å². The van der Waals surface area contributed by atoms with Crippen LogP contribution in [0.5, 0.6) is 11.6 Å². The van der Waals surface area contributed by atoms with Crippen molar-refractivity contribution in [3.05, 3.63) is 48.4 Å². The summed E-state index contributed by atoms with van der Waals surface area (Å²) >= 11 is 0. The lowest BCUT2D eigenvalue weighted by atomic mass is 9.77. The molecule has 6 heteroatoms. The van der Waals surface area contributed by atoms with E-state index in [0.29, 0.717) is 12.5 Å². The SMILES string of the molecule is COc1ncccc1CN1CC[C@H]2OCC[C@@]2(COc2cccnc2)C1. The Balaban J connectivity index is 1.46. The Kier molecular flexibility index (Phi) is 5.04. The number of rotatable bonds is 6. The van der Waals surface area contributed by atoms with Gasteiger partial charge in [-0.3, -0.25) is 9.88 Å². The fraction of sp³-hybridized carbons (Fsp3) is 0.500. The second-order valence-corrected chi connectivity index (χ2v) is 7.12. The first-order valence-corrected chi connectivity index (χ1v) is 9.14. The number of likely N-dealkylation sites (tertiary alicyclic amines) is 1. The van der Waals surface area contributed by atoms with E-state index in [0.717, 1.165) is 50.4 Å². The quantitative estimate of drug-likeness (QED) is 0.794. The number of hydrogen-bond acceptors (Lipinski definition) is 6. The highest BCUT2D eigenvalue weighted by atomic mass is 16.5. The van der Waals surface area contributed by atoms with Crippen LogP contribution in [0, 0.1) is 5.41 Å². The Morgan fingerprint density at radius 3 is 3.08 bits per heavy atom. The molecule has 0 spiro atoms. The Morgan fingerprint density at radius 2 is 2.23 bits per heavy atom. The molecule has 4 heterocycles. The molecule has 2 fully saturated rings. The molecule has 0 bridgehead atoms. The minimum Gasteiger partial charge on any atom is -0.491 e. The molecule has 2 saturated heterocycles. The molecule has 2 aliphatic rings. The van der Waals surface area contributed by atoms with Gasteiger partial charge in [0.05, 0.1) is 26.0 Å². The van der Waals surface area contributed by atoms with E-state index in [1.165, 1.54) is 0 Å². The fourth-order valence-electron chi connectivity index (χ4n) is 4.11. The number of hydrogen-bond donors (Lipinski definition) is 0. The smallest absolute Gasteiger partial charge is 0.217 e. The zero-order valence-corrected chi connectivity index (χ0v) is 15.1. The molecular formula is C20H25N3O3. The molecular weight excluding hydrogens is 330 g/mol. The molecule has 0 amide bonds. The third-order valence-corrected chi connectivity index (χ3v) is 5.45. The summed E-state index contributed by atoms with van der Waals surface area (Å²) in [6.07, 6.45) is 7.62. The molecule has 4 rings (SSSR count). The average molecular weight is 355 g/mol. The van der Waals surface area contributed by atoms with Crippen molar-refractivity contribution < 1.29 is 14.2 Å². The lowest BCUT2D eigenvalue weighted by Gasteiger charge is -2.43. The van der Waals surface area contributed by atoms with Crippen molar-refractivity contribution in [2.24, 2.45) is 5.41 Å². The van der Waals surface area contributed by atoms with E-state index in [4.69, 9.17) is 14.2 Å². The first-order valence-electron chi connectivity index (χ1n) is 9.14. The zero-order valence-electron chi connectivity index (χ0n) is 15.1. The maximum atomic E-state index is 6.09. The first kappa shape index (κ1) is 17.2. The van der Waals surface area contributed by atoms with Crippen LogP contribution in [0.4, 0.5) is 0 Å². The highest BCUT2D eigenvalue weighted by Gasteiger charge is 2.48. The minimum atomic E-state index is 0.0313. The standard InChI is InChI=1S/C20H25N3O3/c1-24-19-16(4-2-9-22-19)13-23-10-6-18-20(14-23,7-11-25-18)15-26-17-5-3-8-21-12-17/h2-5,8-9,12,18H,6-7,10-11,13-15H2,1H3/t18-,20+/m1/s1. The summed E-state index contributed by atoms with van der Waals surface area (Å²) in [6, 6.07) is 7.90. The molecule has 0 aliphatic carbocycles. The molecule has 2 aromatic rings. The monoisotopic (exact) mass is 355 g/mol. The van der Waals surface area contributed by atoms with Crippen LogP contribution in [0.3, 0.4) is 0 Å². The molecule has 2 aromatic heterocycles. The van der Waals surface area contributed by atoms with Crippen molar-refractivity contribution in [2.75, 3.05) is 33.4 Å². The maximum Gasteiger partial charge on any atom is 0.217 e. The predicted octanol–water partition coefficient (Wildman–Crippen LogP) is 2.55. The lowest BCUT2D eigenvalue weighted by Crippen LogP contribution is -2.52. The highest BCUT2D eigenvalue weighted by Crippen LogP contribution is 2.41.